The quantitative estimate of drug-likeness (QED) is 0.362. The number of aliphatic hydroxyl groups is 1. The molecule has 38 heavy (non-hydrogen) atoms. The van der Waals surface area contributed by atoms with Crippen LogP contribution in [0, 0.1) is 0 Å². The van der Waals surface area contributed by atoms with Crippen molar-refractivity contribution in [2.24, 2.45) is 0 Å². The summed E-state index contributed by atoms with van der Waals surface area (Å²) < 4.78 is 93.7. The van der Waals surface area contributed by atoms with Crippen molar-refractivity contribution in [3.63, 3.8) is 0 Å². The van der Waals surface area contributed by atoms with Crippen LogP contribution in [0.25, 0.3) is 0 Å². The van der Waals surface area contributed by atoms with Gasteiger partial charge in [0.2, 0.25) is 0 Å². The molecule has 2 N–H and O–H groups in total. The van der Waals surface area contributed by atoms with Gasteiger partial charge in [0.1, 0.15) is 11.5 Å². The molecule has 208 valence electrons. The number of aliphatic hydroxyl groups excluding tert-OH is 1. The first kappa shape index (κ1) is 26.4. The maximum atomic E-state index is 12.9. The molecule has 0 radical (unpaired) electrons. The van der Waals surface area contributed by atoms with Crippen molar-refractivity contribution < 1.29 is 55.2 Å². The lowest BCUT2D eigenvalue weighted by atomic mass is 9.44. The number of carbonyl (C=O) groups is 1. The van der Waals surface area contributed by atoms with Gasteiger partial charge in [-0.05, 0) is 37.5 Å². The van der Waals surface area contributed by atoms with E-state index in [1.54, 1.807) is 10.9 Å². The van der Waals surface area contributed by atoms with E-state index >= 15 is 0 Å². The topological polar surface area (TPSA) is 104 Å². The zero-order valence-electron chi connectivity index (χ0n) is 19.6. The highest BCUT2D eigenvalue weighted by molar-refractivity contribution is 5.83. The molecule has 9 nitrogen and oxygen atoms in total. The van der Waals surface area contributed by atoms with Gasteiger partial charge in [-0.25, -0.2) is 0 Å². The van der Waals surface area contributed by atoms with Crippen LogP contribution in [0.15, 0.2) is 30.6 Å². The molecule has 4 aliphatic rings. The van der Waals surface area contributed by atoms with Crippen molar-refractivity contribution in [1.29, 1.82) is 0 Å². The third-order valence-corrected chi connectivity index (χ3v) is 6.83. The molecule has 2 heterocycles. The summed E-state index contributed by atoms with van der Waals surface area (Å²) in [5, 5.41) is 17.7. The zero-order valence-corrected chi connectivity index (χ0v) is 19.6. The standard InChI is InChI=1S/C23H23F6N3O6/c24-22(25,26)36-5-1-4-35-14-8-30-32(9-14)21-10-20(11-21,12-21)31-19(34)18-7-16(33)15-6-13(38-23(27,28)29)2-3-17(15)37-18/h2-3,6,8-9,16,18,33H,1,4-5,7,10-12H2,(H,31,34)/t16-,18-,20?,21?/m1/s1. The van der Waals surface area contributed by atoms with Gasteiger partial charge in [0.15, 0.2) is 11.9 Å². The lowest BCUT2D eigenvalue weighted by molar-refractivity contribution is -0.324. The largest absolute Gasteiger partial charge is 0.573 e. The van der Waals surface area contributed by atoms with Crippen molar-refractivity contribution in [2.75, 3.05) is 13.2 Å². The summed E-state index contributed by atoms with van der Waals surface area (Å²) in [4.78, 5) is 12.9. The van der Waals surface area contributed by atoms with Gasteiger partial charge in [-0.2, -0.15) is 5.10 Å². The summed E-state index contributed by atoms with van der Waals surface area (Å²) in [5.74, 6) is -0.429. The van der Waals surface area contributed by atoms with Gasteiger partial charge in [-0.1, -0.05) is 0 Å². The third kappa shape index (κ3) is 5.48. The normalized spacial score (nSPS) is 27.9. The zero-order chi connectivity index (χ0) is 27.3. The Morgan fingerprint density at radius 1 is 1.13 bits per heavy atom. The molecule has 3 fully saturated rings. The Bertz CT molecular complexity index is 1180. The Hall–Kier alpha value is -3.20. The second-order valence-corrected chi connectivity index (χ2v) is 9.75. The van der Waals surface area contributed by atoms with Crippen LogP contribution in [0.3, 0.4) is 0 Å². The van der Waals surface area contributed by atoms with Gasteiger partial charge < -0.3 is 24.6 Å². The van der Waals surface area contributed by atoms with E-state index in [9.17, 15) is 36.2 Å². The van der Waals surface area contributed by atoms with E-state index in [-0.39, 0.29) is 36.3 Å². The molecule has 1 amide bonds. The molecular weight excluding hydrogens is 528 g/mol. The Morgan fingerprint density at radius 3 is 2.55 bits per heavy atom. The van der Waals surface area contributed by atoms with Crippen LogP contribution in [0.1, 0.15) is 43.8 Å². The SMILES string of the molecule is O=C(NC12CC(n3cc(OCCCOC(F)(F)F)cn3)(C1)C2)[C@H]1C[C@@H](O)c2cc(OC(F)(F)F)ccc2O1. The van der Waals surface area contributed by atoms with E-state index in [4.69, 9.17) is 9.47 Å². The highest BCUT2D eigenvalue weighted by atomic mass is 19.4. The number of hydrogen-bond acceptors (Lipinski definition) is 7. The van der Waals surface area contributed by atoms with Gasteiger partial charge in [0, 0.05) is 23.9 Å². The van der Waals surface area contributed by atoms with Gasteiger partial charge in [-0.15, -0.1) is 26.3 Å². The van der Waals surface area contributed by atoms with Crippen molar-refractivity contribution in [2.45, 2.75) is 68.1 Å². The molecule has 3 aliphatic carbocycles. The fraction of sp³-hybridized carbons (Fsp3) is 0.565. The molecular formula is C23H23F6N3O6. The average molecular weight is 551 g/mol. The van der Waals surface area contributed by atoms with Gasteiger partial charge in [0.05, 0.1) is 37.3 Å². The summed E-state index contributed by atoms with van der Waals surface area (Å²) in [6.07, 6.45) is -6.97. The summed E-state index contributed by atoms with van der Waals surface area (Å²) in [5.41, 5.74) is -0.661. The summed E-state index contributed by atoms with van der Waals surface area (Å²) >= 11 is 0. The number of fused-ring (bicyclic) bond motifs is 1. The minimum atomic E-state index is -4.88. The Balaban J connectivity index is 1.10. The first-order valence-electron chi connectivity index (χ1n) is 11.7. The molecule has 3 saturated carbocycles. The molecule has 1 aliphatic heterocycles. The Labute approximate surface area is 211 Å². The van der Waals surface area contributed by atoms with Crippen LogP contribution in [0.4, 0.5) is 26.3 Å². The minimum absolute atomic E-state index is 0.0296. The predicted molar refractivity (Wildman–Crippen MR) is 114 cm³/mol. The second-order valence-electron chi connectivity index (χ2n) is 9.75. The van der Waals surface area contributed by atoms with Crippen LogP contribution >= 0.6 is 0 Å². The number of alkyl halides is 6. The van der Waals surface area contributed by atoms with E-state index in [2.05, 4.69) is 19.9 Å². The summed E-state index contributed by atoms with van der Waals surface area (Å²) in [6, 6.07) is 3.29. The number of hydrogen-bond donors (Lipinski definition) is 2. The molecule has 15 heteroatoms. The molecule has 2 aromatic rings. The van der Waals surface area contributed by atoms with E-state index < -0.39 is 48.7 Å². The molecule has 1 aromatic heterocycles. The number of nitrogens with one attached hydrogen (secondary N) is 1. The Kier molecular flexibility index (Phi) is 6.41. The molecule has 2 bridgehead atoms. The third-order valence-electron chi connectivity index (χ3n) is 6.83. The van der Waals surface area contributed by atoms with Crippen molar-refractivity contribution in [3.05, 3.63) is 36.2 Å². The number of amides is 1. The van der Waals surface area contributed by atoms with Gasteiger partial charge in [0.25, 0.3) is 5.91 Å². The molecule has 0 saturated heterocycles. The second kappa shape index (κ2) is 9.22. The van der Waals surface area contributed by atoms with Crippen LogP contribution in [0.2, 0.25) is 0 Å². The molecule has 0 spiro atoms. The highest BCUT2D eigenvalue weighted by Crippen LogP contribution is 2.65. The van der Waals surface area contributed by atoms with Crippen molar-refractivity contribution >= 4 is 5.91 Å². The smallest absolute Gasteiger partial charge is 0.490 e. The van der Waals surface area contributed by atoms with E-state index in [1.807, 2.05) is 0 Å². The van der Waals surface area contributed by atoms with E-state index in [1.165, 1.54) is 12.3 Å². The average Bonchev–Trinajstić information content (AvgIpc) is 3.21. The lowest BCUT2D eigenvalue weighted by Gasteiger charge is -2.70. The number of rotatable bonds is 9. The van der Waals surface area contributed by atoms with E-state index in [0.717, 1.165) is 12.1 Å². The number of benzene rings is 1. The first-order chi connectivity index (χ1) is 17.7. The van der Waals surface area contributed by atoms with Crippen molar-refractivity contribution in [1.82, 2.24) is 15.1 Å². The van der Waals surface area contributed by atoms with Crippen LogP contribution in [0.5, 0.6) is 17.2 Å². The monoisotopic (exact) mass is 551 g/mol. The number of halogens is 6. The number of carbonyl (C=O) groups excluding carboxylic acids is 1. The number of aromatic nitrogens is 2. The maximum Gasteiger partial charge on any atom is 0.573 e. The molecule has 1 aromatic carbocycles. The summed E-state index contributed by atoms with van der Waals surface area (Å²) in [7, 11) is 0. The number of nitrogens with zero attached hydrogens (tertiary/aromatic N) is 2. The lowest BCUT2D eigenvalue weighted by Crippen LogP contribution is -2.79. The first-order valence-corrected chi connectivity index (χ1v) is 11.7. The fourth-order valence-electron chi connectivity index (χ4n) is 5.31. The van der Waals surface area contributed by atoms with Gasteiger partial charge in [-0.3, -0.25) is 14.2 Å². The molecule has 0 unspecified atom stereocenters. The van der Waals surface area contributed by atoms with Crippen LogP contribution in [-0.2, 0) is 15.1 Å². The predicted octanol–water partition coefficient (Wildman–Crippen LogP) is 3.72. The van der Waals surface area contributed by atoms with Crippen molar-refractivity contribution in [3.8, 4) is 17.2 Å². The van der Waals surface area contributed by atoms with Crippen LogP contribution in [-0.4, -0.2) is 58.4 Å². The maximum absolute atomic E-state index is 12.9. The Morgan fingerprint density at radius 2 is 1.87 bits per heavy atom. The highest BCUT2D eigenvalue weighted by Gasteiger charge is 2.70. The minimum Gasteiger partial charge on any atom is -0.490 e. The fourth-order valence-corrected chi connectivity index (χ4v) is 5.31. The number of ether oxygens (including phenoxy) is 4. The molecule has 2 atom stereocenters. The van der Waals surface area contributed by atoms with E-state index in [0.29, 0.717) is 25.0 Å². The molecule has 6 rings (SSSR count). The van der Waals surface area contributed by atoms with Gasteiger partial charge >= 0.3 is 12.7 Å². The summed E-state index contributed by atoms with van der Waals surface area (Å²) in [6.45, 7) is -0.480. The van der Waals surface area contributed by atoms with Crippen LogP contribution < -0.4 is 19.5 Å².